The molecule has 0 heterocycles. The van der Waals surface area contributed by atoms with E-state index in [9.17, 15) is 0 Å². The number of para-hydroxylation sites is 1. The average molecular weight is 236 g/mol. The Morgan fingerprint density at radius 1 is 1.06 bits per heavy atom. The molecule has 0 atom stereocenters. The molecule has 2 aromatic carbocycles. The zero-order valence-electron chi connectivity index (χ0n) is 10.5. The molecule has 2 heteroatoms. The van der Waals surface area contributed by atoms with Crippen LogP contribution in [0.15, 0.2) is 48.5 Å². The first-order chi connectivity index (χ1) is 8.83. The SMILES string of the molecule is CCCc1ccc(Nc2ccccc2C#N)cc1. The first-order valence-corrected chi connectivity index (χ1v) is 6.18. The minimum Gasteiger partial charge on any atom is -0.354 e. The molecule has 0 aliphatic heterocycles. The van der Waals surface area contributed by atoms with E-state index in [-0.39, 0.29) is 0 Å². The molecule has 0 spiro atoms. The lowest BCUT2D eigenvalue weighted by molar-refractivity contribution is 0.922. The van der Waals surface area contributed by atoms with Crippen molar-refractivity contribution in [3.05, 3.63) is 59.7 Å². The fraction of sp³-hybridized carbons (Fsp3) is 0.188. The van der Waals surface area contributed by atoms with Crippen LogP contribution in [0.2, 0.25) is 0 Å². The minimum absolute atomic E-state index is 0.662. The van der Waals surface area contributed by atoms with E-state index in [4.69, 9.17) is 5.26 Å². The average Bonchev–Trinajstić information content (AvgIpc) is 2.42. The van der Waals surface area contributed by atoms with Gasteiger partial charge in [0.25, 0.3) is 0 Å². The summed E-state index contributed by atoms with van der Waals surface area (Å²) in [6.45, 7) is 2.18. The summed E-state index contributed by atoms with van der Waals surface area (Å²) in [5.74, 6) is 0. The maximum absolute atomic E-state index is 9.02. The Labute approximate surface area is 108 Å². The van der Waals surface area contributed by atoms with Gasteiger partial charge in [0, 0.05) is 5.69 Å². The normalized spacial score (nSPS) is 9.78. The molecule has 0 bridgehead atoms. The zero-order valence-corrected chi connectivity index (χ0v) is 10.5. The molecular formula is C16H16N2. The standard InChI is InChI=1S/C16H16N2/c1-2-5-13-8-10-15(11-9-13)18-16-7-4-3-6-14(16)12-17/h3-4,6-11,18H,2,5H2,1H3. The monoisotopic (exact) mass is 236 g/mol. The van der Waals surface area contributed by atoms with Crippen molar-refractivity contribution in [1.29, 1.82) is 5.26 Å². The van der Waals surface area contributed by atoms with Crippen LogP contribution in [0, 0.1) is 11.3 Å². The van der Waals surface area contributed by atoms with E-state index in [0.717, 1.165) is 24.2 Å². The van der Waals surface area contributed by atoms with Crippen LogP contribution in [-0.2, 0) is 6.42 Å². The van der Waals surface area contributed by atoms with Crippen LogP contribution in [0.25, 0.3) is 0 Å². The lowest BCUT2D eigenvalue weighted by Crippen LogP contribution is -1.93. The summed E-state index contributed by atoms with van der Waals surface area (Å²) >= 11 is 0. The third-order valence-corrected chi connectivity index (χ3v) is 2.82. The van der Waals surface area contributed by atoms with Gasteiger partial charge in [-0.05, 0) is 36.2 Å². The predicted octanol–water partition coefficient (Wildman–Crippen LogP) is 4.25. The molecule has 0 aromatic heterocycles. The van der Waals surface area contributed by atoms with Crippen molar-refractivity contribution in [2.45, 2.75) is 19.8 Å². The maximum atomic E-state index is 9.02. The molecular weight excluding hydrogens is 220 g/mol. The van der Waals surface area contributed by atoms with Crippen LogP contribution in [0.4, 0.5) is 11.4 Å². The molecule has 0 fully saturated rings. The summed E-state index contributed by atoms with van der Waals surface area (Å²) in [6.07, 6.45) is 2.26. The number of benzene rings is 2. The topological polar surface area (TPSA) is 35.8 Å². The van der Waals surface area contributed by atoms with Crippen LogP contribution < -0.4 is 5.32 Å². The van der Waals surface area contributed by atoms with E-state index >= 15 is 0 Å². The van der Waals surface area contributed by atoms with E-state index in [0.29, 0.717) is 5.56 Å². The number of nitriles is 1. The summed E-state index contributed by atoms with van der Waals surface area (Å²) in [6, 6.07) is 18.1. The number of anilines is 2. The van der Waals surface area contributed by atoms with E-state index in [1.165, 1.54) is 5.56 Å². The van der Waals surface area contributed by atoms with Crippen LogP contribution in [0.3, 0.4) is 0 Å². The number of hydrogen-bond donors (Lipinski definition) is 1. The molecule has 90 valence electrons. The maximum Gasteiger partial charge on any atom is 0.101 e. The van der Waals surface area contributed by atoms with Crippen molar-refractivity contribution in [3.8, 4) is 6.07 Å². The minimum atomic E-state index is 0.662. The van der Waals surface area contributed by atoms with Gasteiger partial charge in [0.05, 0.1) is 11.3 Å². The van der Waals surface area contributed by atoms with E-state index in [2.05, 4.69) is 42.6 Å². The lowest BCUT2D eigenvalue weighted by atomic mass is 10.1. The van der Waals surface area contributed by atoms with Gasteiger partial charge in [-0.3, -0.25) is 0 Å². The molecule has 0 unspecified atom stereocenters. The molecule has 0 amide bonds. The summed E-state index contributed by atoms with van der Waals surface area (Å²) in [7, 11) is 0. The van der Waals surface area contributed by atoms with Gasteiger partial charge in [-0.25, -0.2) is 0 Å². The van der Waals surface area contributed by atoms with Gasteiger partial charge < -0.3 is 5.32 Å². The van der Waals surface area contributed by atoms with Gasteiger partial charge in [0.15, 0.2) is 0 Å². The highest BCUT2D eigenvalue weighted by Gasteiger charge is 2.00. The zero-order chi connectivity index (χ0) is 12.8. The van der Waals surface area contributed by atoms with Crippen LogP contribution in [-0.4, -0.2) is 0 Å². The number of rotatable bonds is 4. The fourth-order valence-corrected chi connectivity index (χ4v) is 1.89. The second-order valence-corrected chi connectivity index (χ2v) is 4.23. The molecule has 0 saturated carbocycles. The van der Waals surface area contributed by atoms with Crippen molar-refractivity contribution in [2.24, 2.45) is 0 Å². The molecule has 0 aliphatic rings. The van der Waals surface area contributed by atoms with Gasteiger partial charge in [-0.2, -0.15) is 5.26 Å². The highest BCUT2D eigenvalue weighted by atomic mass is 14.9. The Morgan fingerprint density at radius 3 is 2.44 bits per heavy atom. The number of nitrogens with zero attached hydrogens (tertiary/aromatic N) is 1. The van der Waals surface area contributed by atoms with Gasteiger partial charge >= 0.3 is 0 Å². The second-order valence-electron chi connectivity index (χ2n) is 4.23. The number of hydrogen-bond acceptors (Lipinski definition) is 2. The van der Waals surface area contributed by atoms with Gasteiger partial charge in [-0.15, -0.1) is 0 Å². The van der Waals surface area contributed by atoms with Crippen LogP contribution in [0.1, 0.15) is 24.5 Å². The van der Waals surface area contributed by atoms with Crippen molar-refractivity contribution < 1.29 is 0 Å². The first-order valence-electron chi connectivity index (χ1n) is 6.18. The molecule has 18 heavy (non-hydrogen) atoms. The number of nitrogens with one attached hydrogen (secondary N) is 1. The second kappa shape index (κ2) is 5.88. The van der Waals surface area contributed by atoms with Gasteiger partial charge in [0.2, 0.25) is 0 Å². The Bertz CT molecular complexity index is 550. The largest absolute Gasteiger partial charge is 0.354 e. The van der Waals surface area contributed by atoms with Crippen molar-refractivity contribution in [3.63, 3.8) is 0 Å². The molecule has 2 nitrogen and oxygen atoms in total. The Kier molecular flexibility index (Phi) is 3.98. The van der Waals surface area contributed by atoms with Gasteiger partial charge in [0.1, 0.15) is 6.07 Å². The van der Waals surface area contributed by atoms with E-state index < -0.39 is 0 Å². The lowest BCUT2D eigenvalue weighted by Gasteiger charge is -2.08. The first kappa shape index (κ1) is 12.2. The van der Waals surface area contributed by atoms with Crippen molar-refractivity contribution >= 4 is 11.4 Å². The molecule has 0 saturated heterocycles. The smallest absolute Gasteiger partial charge is 0.101 e. The van der Waals surface area contributed by atoms with Gasteiger partial charge in [-0.1, -0.05) is 37.6 Å². The fourth-order valence-electron chi connectivity index (χ4n) is 1.89. The summed E-state index contributed by atoms with van der Waals surface area (Å²) in [5.41, 5.74) is 3.87. The van der Waals surface area contributed by atoms with E-state index in [1.807, 2.05) is 24.3 Å². The summed E-state index contributed by atoms with van der Waals surface area (Å²) in [5, 5.41) is 12.3. The molecule has 2 rings (SSSR count). The highest BCUT2D eigenvalue weighted by molar-refractivity contribution is 5.66. The highest BCUT2D eigenvalue weighted by Crippen LogP contribution is 2.20. The predicted molar refractivity (Wildman–Crippen MR) is 74.9 cm³/mol. The van der Waals surface area contributed by atoms with Crippen LogP contribution in [0.5, 0.6) is 0 Å². The molecule has 2 aromatic rings. The Balaban J connectivity index is 2.16. The summed E-state index contributed by atoms with van der Waals surface area (Å²) < 4.78 is 0. The van der Waals surface area contributed by atoms with E-state index in [1.54, 1.807) is 0 Å². The summed E-state index contributed by atoms with van der Waals surface area (Å²) in [4.78, 5) is 0. The quantitative estimate of drug-likeness (QED) is 0.861. The van der Waals surface area contributed by atoms with Crippen molar-refractivity contribution in [1.82, 2.24) is 0 Å². The van der Waals surface area contributed by atoms with Crippen LogP contribution >= 0.6 is 0 Å². The Hall–Kier alpha value is -2.27. The number of aryl methyl sites for hydroxylation is 1. The Morgan fingerprint density at radius 2 is 1.78 bits per heavy atom. The molecule has 0 aliphatic carbocycles. The van der Waals surface area contributed by atoms with Crippen molar-refractivity contribution in [2.75, 3.05) is 5.32 Å². The molecule has 0 radical (unpaired) electrons. The molecule has 1 N–H and O–H groups in total. The third-order valence-electron chi connectivity index (χ3n) is 2.82. The third kappa shape index (κ3) is 2.89.